The van der Waals surface area contributed by atoms with Crippen molar-refractivity contribution in [2.45, 2.75) is 16.7 Å². The number of amides is 1. The molecule has 0 aliphatic carbocycles. The van der Waals surface area contributed by atoms with E-state index >= 15 is 0 Å². The maximum absolute atomic E-state index is 12.8. The van der Waals surface area contributed by atoms with Crippen molar-refractivity contribution in [3.63, 3.8) is 0 Å². The molecule has 20 heavy (non-hydrogen) atoms. The highest BCUT2D eigenvalue weighted by Gasteiger charge is 2.33. The average molecular weight is 287 g/mol. The predicted molar refractivity (Wildman–Crippen MR) is 75.8 cm³/mol. The summed E-state index contributed by atoms with van der Waals surface area (Å²) in [4.78, 5) is 14.1. The standard InChI is InChI=1S/C15H13NO3S/c1-10-7-8-12-14(9-10)20(18,19)13-6-4-3-5-11(13)15(17)16(12)2/h3-9H,1-2H3. The zero-order valence-corrected chi connectivity index (χ0v) is 11.9. The van der Waals surface area contributed by atoms with Crippen molar-refractivity contribution in [2.75, 3.05) is 11.9 Å². The largest absolute Gasteiger partial charge is 0.310 e. The van der Waals surface area contributed by atoms with Crippen LogP contribution in [0, 0.1) is 6.92 Å². The molecule has 1 aliphatic rings. The number of hydrogen-bond donors (Lipinski definition) is 0. The number of benzene rings is 2. The van der Waals surface area contributed by atoms with Gasteiger partial charge in [0.1, 0.15) is 0 Å². The average Bonchev–Trinajstić information content (AvgIpc) is 2.50. The van der Waals surface area contributed by atoms with E-state index in [1.807, 2.05) is 6.92 Å². The van der Waals surface area contributed by atoms with Gasteiger partial charge in [-0.1, -0.05) is 18.2 Å². The summed E-state index contributed by atoms with van der Waals surface area (Å²) in [5.41, 5.74) is 1.47. The summed E-state index contributed by atoms with van der Waals surface area (Å²) in [6.07, 6.45) is 0. The number of anilines is 1. The Morgan fingerprint density at radius 2 is 1.70 bits per heavy atom. The number of fused-ring (bicyclic) bond motifs is 2. The number of carbonyl (C=O) groups is 1. The smallest absolute Gasteiger partial charge is 0.259 e. The summed E-state index contributed by atoms with van der Waals surface area (Å²) in [5.74, 6) is -0.313. The van der Waals surface area contributed by atoms with Gasteiger partial charge in [0.25, 0.3) is 5.91 Å². The van der Waals surface area contributed by atoms with Gasteiger partial charge in [0.15, 0.2) is 0 Å². The lowest BCUT2D eigenvalue weighted by Crippen LogP contribution is -2.25. The molecule has 1 heterocycles. The molecule has 2 aromatic rings. The molecule has 0 saturated heterocycles. The summed E-state index contributed by atoms with van der Waals surface area (Å²) in [6.45, 7) is 1.83. The first-order valence-corrected chi connectivity index (χ1v) is 7.64. The second kappa shape index (κ2) is 4.18. The first-order valence-electron chi connectivity index (χ1n) is 6.16. The van der Waals surface area contributed by atoms with Crippen LogP contribution in [0.5, 0.6) is 0 Å². The highest BCUT2D eigenvalue weighted by molar-refractivity contribution is 7.91. The van der Waals surface area contributed by atoms with Crippen molar-refractivity contribution in [1.82, 2.24) is 0 Å². The molecule has 0 fully saturated rings. The number of aryl methyl sites for hydroxylation is 1. The maximum atomic E-state index is 12.8. The minimum atomic E-state index is -3.69. The summed E-state index contributed by atoms with van der Waals surface area (Å²) < 4.78 is 25.6. The highest BCUT2D eigenvalue weighted by Crippen LogP contribution is 2.36. The Kier molecular flexibility index (Phi) is 2.69. The van der Waals surface area contributed by atoms with E-state index in [2.05, 4.69) is 0 Å². The summed E-state index contributed by atoms with van der Waals surface area (Å²) >= 11 is 0. The summed E-state index contributed by atoms with van der Waals surface area (Å²) in [7, 11) is -2.10. The molecule has 1 amide bonds. The third-order valence-electron chi connectivity index (χ3n) is 3.48. The van der Waals surface area contributed by atoms with Crippen molar-refractivity contribution < 1.29 is 13.2 Å². The van der Waals surface area contributed by atoms with E-state index in [-0.39, 0.29) is 21.3 Å². The molecule has 0 radical (unpaired) electrons. The second-order valence-corrected chi connectivity index (χ2v) is 6.72. The Balaban J connectivity index is 2.46. The van der Waals surface area contributed by atoms with E-state index in [1.165, 1.54) is 11.0 Å². The van der Waals surface area contributed by atoms with E-state index < -0.39 is 9.84 Å². The van der Waals surface area contributed by atoms with E-state index in [0.717, 1.165) is 5.56 Å². The number of carbonyl (C=O) groups excluding carboxylic acids is 1. The van der Waals surface area contributed by atoms with E-state index in [4.69, 9.17) is 0 Å². The normalized spacial score (nSPS) is 16.3. The van der Waals surface area contributed by atoms with Gasteiger partial charge in [0.05, 0.1) is 21.0 Å². The molecule has 0 unspecified atom stereocenters. The van der Waals surface area contributed by atoms with Crippen molar-refractivity contribution in [2.24, 2.45) is 0 Å². The van der Waals surface area contributed by atoms with E-state index in [1.54, 1.807) is 43.4 Å². The van der Waals surface area contributed by atoms with Crippen LogP contribution < -0.4 is 4.90 Å². The van der Waals surface area contributed by atoms with Gasteiger partial charge in [-0.05, 0) is 36.8 Å². The maximum Gasteiger partial charge on any atom is 0.259 e. The van der Waals surface area contributed by atoms with Gasteiger partial charge in [-0.2, -0.15) is 0 Å². The van der Waals surface area contributed by atoms with Crippen LogP contribution in [0.2, 0.25) is 0 Å². The first-order chi connectivity index (χ1) is 9.43. The molecule has 0 saturated carbocycles. The van der Waals surface area contributed by atoms with Gasteiger partial charge >= 0.3 is 0 Å². The fourth-order valence-corrected chi connectivity index (χ4v) is 4.16. The van der Waals surface area contributed by atoms with Crippen molar-refractivity contribution in [3.05, 3.63) is 53.6 Å². The van der Waals surface area contributed by atoms with Crippen LogP contribution in [-0.4, -0.2) is 21.4 Å². The fraction of sp³-hybridized carbons (Fsp3) is 0.133. The van der Waals surface area contributed by atoms with Gasteiger partial charge < -0.3 is 4.90 Å². The van der Waals surface area contributed by atoms with Gasteiger partial charge in [-0.25, -0.2) is 8.42 Å². The summed E-state index contributed by atoms with van der Waals surface area (Å²) in [6, 6.07) is 11.4. The van der Waals surface area contributed by atoms with Crippen LogP contribution >= 0.6 is 0 Å². The molecule has 4 nitrogen and oxygen atoms in total. The molecular formula is C15H13NO3S. The topological polar surface area (TPSA) is 54.5 Å². The molecule has 1 aliphatic heterocycles. The van der Waals surface area contributed by atoms with Crippen LogP contribution in [0.4, 0.5) is 5.69 Å². The second-order valence-electron chi connectivity index (χ2n) is 4.83. The quantitative estimate of drug-likeness (QED) is 0.747. The van der Waals surface area contributed by atoms with Gasteiger partial charge in [0.2, 0.25) is 9.84 Å². The lowest BCUT2D eigenvalue weighted by molar-refractivity contribution is 0.0990. The molecule has 5 heteroatoms. The number of nitrogens with zero attached hydrogens (tertiary/aromatic N) is 1. The Morgan fingerprint density at radius 1 is 1.00 bits per heavy atom. The zero-order chi connectivity index (χ0) is 14.5. The molecule has 3 rings (SSSR count). The Hall–Kier alpha value is -2.14. The lowest BCUT2D eigenvalue weighted by Gasteiger charge is -2.17. The van der Waals surface area contributed by atoms with Crippen LogP contribution in [0.25, 0.3) is 0 Å². The van der Waals surface area contributed by atoms with Crippen LogP contribution in [-0.2, 0) is 9.84 Å². The highest BCUT2D eigenvalue weighted by atomic mass is 32.2. The summed E-state index contributed by atoms with van der Waals surface area (Å²) in [5, 5.41) is 0. The minimum Gasteiger partial charge on any atom is -0.310 e. The molecule has 0 spiro atoms. The molecule has 2 aromatic carbocycles. The molecule has 0 bridgehead atoms. The zero-order valence-electron chi connectivity index (χ0n) is 11.1. The molecule has 0 N–H and O–H groups in total. The monoisotopic (exact) mass is 287 g/mol. The Labute approximate surface area is 117 Å². The Bertz CT molecular complexity index is 825. The number of hydrogen-bond acceptors (Lipinski definition) is 3. The van der Waals surface area contributed by atoms with Crippen molar-refractivity contribution in [1.29, 1.82) is 0 Å². The predicted octanol–water partition coefficient (Wildman–Crippen LogP) is 2.42. The SMILES string of the molecule is Cc1ccc2c(c1)S(=O)(=O)c1ccccc1C(=O)N2C. The molecule has 102 valence electrons. The number of sulfone groups is 1. The lowest BCUT2D eigenvalue weighted by atomic mass is 10.1. The first kappa shape index (κ1) is 12.9. The fourth-order valence-electron chi connectivity index (χ4n) is 2.40. The van der Waals surface area contributed by atoms with Crippen LogP contribution in [0.1, 0.15) is 15.9 Å². The Morgan fingerprint density at radius 3 is 2.45 bits per heavy atom. The van der Waals surface area contributed by atoms with Crippen LogP contribution in [0.15, 0.2) is 52.3 Å². The molecule has 0 aromatic heterocycles. The minimum absolute atomic E-state index is 0.0706. The van der Waals surface area contributed by atoms with Gasteiger partial charge in [0, 0.05) is 7.05 Å². The van der Waals surface area contributed by atoms with Gasteiger partial charge in [-0.3, -0.25) is 4.79 Å². The van der Waals surface area contributed by atoms with E-state index in [0.29, 0.717) is 5.69 Å². The van der Waals surface area contributed by atoms with Crippen molar-refractivity contribution in [3.8, 4) is 0 Å². The third kappa shape index (κ3) is 1.67. The van der Waals surface area contributed by atoms with E-state index in [9.17, 15) is 13.2 Å². The number of rotatable bonds is 0. The van der Waals surface area contributed by atoms with Crippen molar-refractivity contribution >= 4 is 21.4 Å². The molecule has 0 atom stereocenters. The third-order valence-corrected chi connectivity index (χ3v) is 5.32. The van der Waals surface area contributed by atoms with Crippen LogP contribution in [0.3, 0.4) is 0 Å². The molecular weight excluding hydrogens is 274 g/mol. The van der Waals surface area contributed by atoms with Gasteiger partial charge in [-0.15, -0.1) is 0 Å².